The Hall–Kier alpha value is -1.56. The van der Waals surface area contributed by atoms with Gasteiger partial charge in [0.1, 0.15) is 0 Å². The van der Waals surface area contributed by atoms with Crippen molar-refractivity contribution in [1.82, 2.24) is 0 Å². The molecule has 2 aromatic rings. The number of hydrogen-bond acceptors (Lipinski definition) is 0. The summed E-state index contributed by atoms with van der Waals surface area (Å²) in [6.07, 6.45) is 0. The van der Waals surface area contributed by atoms with Gasteiger partial charge in [-0.2, -0.15) is 0 Å². The Morgan fingerprint density at radius 3 is 0.273 bits per heavy atom. The molecule has 2 aromatic carbocycles. The first-order valence-corrected chi connectivity index (χ1v) is 9.00. The summed E-state index contributed by atoms with van der Waals surface area (Å²) in [6, 6.07) is 24.0. The zero-order valence-corrected chi connectivity index (χ0v) is 16.9. The van der Waals surface area contributed by atoms with Crippen molar-refractivity contribution < 1.29 is 0 Å². The predicted molar refractivity (Wildman–Crippen MR) is 110 cm³/mol. The first-order valence-electron chi connectivity index (χ1n) is 9.00. The quantitative estimate of drug-likeness (QED) is 0.457. The fourth-order valence-electron chi connectivity index (χ4n) is 0.770. The molecular weight excluding hydrogens is 264 g/mol. The van der Waals surface area contributed by atoms with Gasteiger partial charge in [0.15, 0.2) is 0 Å². The molecule has 0 heterocycles. The molecule has 0 bridgehead atoms. The minimum absolute atomic E-state index is 2.00. The van der Waals surface area contributed by atoms with Gasteiger partial charge in [0.2, 0.25) is 0 Å². The average molecular weight is 307 g/mol. The Balaban J connectivity index is -0.0000000567. The molecule has 0 saturated carbocycles. The Morgan fingerprint density at radius 2 is 0.227 bits per heavy atom. The van der Waals surface area contributed by atoms with Crippen LogP contribution in [0.15, 0.2) is 72.8 Å². The van der Waals surface area contributed by atoms with Crippen molar-refractivity contribution in [2.75, 3.05) is 0 Å². The fraction of sp³-hybridized carbons (Fsp3) is 0.455. The summed E-state index contributed by atoms with van der Waals surface area (Å²) >= 11 is 0. The molecule has 0 atom stereocenters. The van der Waals surface area contributed by atoms with Gasteiger partial charge in [0.05, 0.1) is 0 Å². The van der Waals surface area contributed by atoms with Crippen molar-refractivity contribution in [1.29, 1.82) is 0 Å². The third-order valence-corrected chi connectivity index (χ3v) is 1.33. The van der Waals surface area contributed by atoms with Crippen LogP contribution < -0.4 is 0 Å². The molecule has 0 saturated heterocycles. The molecule has 0 aliphatic rings. The van der Waals surface area contributed by atoms with E-state index in [-0.39, 0.29) is 0 Å². The Labute approximate surface area is 142 Å². The van der Waals surface area contributed by atoms with E-state index >= 15 is 0 Å². The maximum absolute atomic E-state index is 2.00. The van der Waals surface area contributed by atoms with Crippen LogP contribution in [0.1, 0.15) is 69.2 Å². The van der Waals surface area contributed by atoms with Crippen LogP contribution in [0.4, 0.5) is 0 Å². The van der Waals surface area contributed by atoms with Gasteiger partial charge in [0, 0.05) is 0 Å². The predicted octanol–water partition coefficient (Wildman–Crippen LogP) is 8.50. The molecular formula is C22H42. The zero-order valence-electron chi connectivity index (χ0n) is 16.9. The molecule has 0 amide bonds. The maximum Gasteiger partial charge on any atom is -0.0623 e. The number of rotatable bonds is 0. The Bertz CT molecular complexity index is 175. The summed E-state index contributed by atoms with van der Waals surface area (Å²) < 4.78 is 0. The lowest BCUT2D eigenvalue weighted by atomic mass is 10.4. The lowest BCUT2D eigenvalue weighted by Crippen LogP contribution is -1.47. The average Bonchev–Trinajstić information content (AvgIpc) is 2.73. The smallest absolute Gasteiger partial charge is 0.0623 e. The van der Waals surface area contributed by atoms with Crippen LogP contribution in [0.25, 0.3) is 0 Å². The lowest BCUT2D eigenvalue weighted by Gasteiger charge is -1.69. The molecule has 0 unspecified atom stereocenters. The van der Waals surface area contributed by atoms with Gasteiger partial charge >= 0.3 is 0 Å². The molecule has 0 aliphatic heterocycles. The zero-order chi connectivity index (χ0) is 18.5. The van der Waals surface area contributed by atoms with Crippen LogP contribution in [0.2, 0.25) is 0 Å². The summed E-state index contributed by atoms with van der Waals surface area (Å²) in [5, 5.41) is 0. The van der Waals surface area contributed by atoms with Crippen molar-refractivity contribution in [3.8, 4) is 0 Å². The van der Waals surface area contributed by atoms with Crippen LogP contribution in [0.5, 0.6) is 0 Å². The van der Waals surface area contributed by atoms with Crippen molar-refractivity contribution in [2.24, 2.45) is 0 Å². The molecule has 130 valence electrons. The first-order chi connectivity index (χ1) is 11.0. The molecule has 0 nitrogen and oxygen atoms in total. The third kappa shape index (κ3) is 51.5. The largest absolute Gasteiger partial charge is 0.0683 e. The van der Waals surface area contributed by atoms with Crippen molar-refractivity contribution >= 4 is 0 Å². The Kier molecular flexibility index (Phi) is 89.3. The van der Waals surface area contributed by atoms with E-state index in [0.717, 1.165) is 0 Å². The minimum atomic E-state index is 2.00. The summed E-state index contributed by atoms with van der Waals surface area (Å²) in [7, 11) is 0. The fourth-order valence-corrected chi connectivity index (χ4v) is 0.770. The van der Waals surface area contributed by atoms with Crippen LogP contribution in [0.3, 0.4) is 0 Å². The van der Waals surface area contributed by atoms with E-state index < -0.39 is 0 Å². The van der Waals surface area contributed by atoms with Crippen LogP contribution in [0, 0.1) is 0 Å². The summed E-state index contributed by atoms with van der Waals surface area (Å²) in [6.45, 7) is 20.0. The van der Waals surface area contributed by atoms with Crippen LogP contribution in [-0.2, 0) is 0 Å². The van der Waals surface area contributed by atoms with Gasteiger partial charge in [-0.3, -0.25) is 0 Å². The van der Waals surface area contributed by atoms with Gasteiger partial charge in [-0.25, -0.2) is 0 Å². The molecule has 22 heavy (non-hydrogen) atoms. The van der Waals surface area contributed by atoms with Crippen molar-refractivity contribution in [2.45, 2.75) is 69.2 Å². The number of hydrogen-bond donors (Lipinski definition) is 0. The molecule has 0 N–H and O–H groups in total. The van der Waals surface area contributed by atoms with Gasteiger partial charge < -0.3 is 0 Å². The second-order valence-corrected chi connectivity index (χ2v) is 2.31. The first kappa shape index (κ1) is 32.4. The third-order valence-electron chi connectivity index (χ3n) is 1.33. The normalized spacial score (nSPS) is 5.73. The van der Waals surface area contributed by atoms with E-state index in [0.29, 0.717) is 0 Å². The van der Waals surface area contributed by atoms with Crippen LogP contribution in [-0.4, -0.2) is 0 Å². The molecule has 0 aromatic heterocycles. The molecule has 0 spiro atoms. The highest BCUT2D eigenvalue weighted by Gasteiger charge is 1.58. The monoisotopic (exact) mass is 306 g/mol. The molecule has 0 radical (unpaired) electrons. The van der Waals surface area contributed by atoms with E-state index in [9.17, 15) is 0 Å². The van der Waals surface area contributed by atoms with Crippen molar-refractivity contribution in [3.05, 3.63) is 72.8 Å². The molecule has 0 heteroatoms. The van der Waals surface area contributed by atoms with E-state index in [1.54, 1.807) is 0 Å². The maximum atomic E-state index is 2.00. The van der Waals surface area contributed by atoms with Crippen LogP contribution >= 0.6 is 0 Å². The van der Waals surface area contributed by atoms with Crippen molar-refractivity contribution in [3.63, 3.8) is 0 Å². The lowest BCUT2D eigenvalue weighted by molar-refractivity contribution is 1.50. The summed E-state index contributed by atoms with van der Waals surface area (Å²) in [5.41, 5.74) is 0. The molecule has 0 aliphatic carbocycles. The van der Waals surface area contributed by atoms with E-state index in [4.69, 9.17) is 0 Å². The van der Waals surface area contributed by atoms with E-state index in [1.165, 1.54) is 0 Å². The van der Waals surface area contributed by atoms with Gasteiger partial charge in [0.25, 0.3) is 0 Å². The van der Waals surface area contributed by atoms with Gasteiger partial charge in [-0.1, -0.05) is 142 Å². The standard InChI is InChI=1S/2C6H6.5C2H6/c2*1-2-4-6-5-3-1;5*1-2/h2*1-6H;5*1-2H3. The van der Waals surface area contributed by atoms with Gasteiger partial charge in [-0.05, 0) is 0 Å². The van der Waals surface area contributed by atoms with Gasteiger partial charge in [-0.15, -0.1) is 0 Å². The summed E-state index contributed by atoms with van der Waals surface area (Å²) in [5.74, 6) is 0. The topological polar surface area (TPSA) is 0 Å². The second-order valence-electron chi connectivity index (χ2n) is 2.31. The highest BCUT2D eigenvalue weighted by molar-refractivity contribution is 4.99. The molecule has 0 fully saturated rings. The van der Waals surface area contributed by atoms with E-state index in [1.807, 2.05) is 142 Å². The molecule has 2 rings (SSSR count). The SMILES string of the molecule is CC.CC.CC.CC.CC.c1ccccc1.c1ccccc1. The van der Waals surface area contributed by atoms with E-state index in [2.05, 4.69) is 0 Å². The highest BCUT2D eigenvalue weighted by atomic mass is 13.7. The number of benzene rings is 2. The highest BCUT2D eigenvalue weighted by Crippen LogP contribution is 1.80. The minimum Gasteiger partial charge on any atom is -0.0683 e. The second kappa shape index (κ2) is 60.6. The summed E-state index contributed by atoms with van der Waals surface area (Å²) in [4.78, 5) is 0. The Morgan fingerprint density at radius 1 is 0.182 bits per heavy atom.